The highest BCUT2D eigenvalue weighted by molar-refractivity contribution is 7.89. The summed E-state index contributed by atoms with van der Waals surface area (Å²) in [5.74, 6) is 0.0685. The molecule has 0 aliphatic carbocycles. The Hall–Kier alpha value is -2.66. The quantitative estimate of drug-likeness (QED) is 0.383. The number of carbonyl (C=O) groups excluding carboxylic acids is 1. The van der Waals surface area contributed by atoms with Crippen LogP contribution in [0.2, 0.25) is 0 Å². The average Bonchev–Trinajstić information content (AvgIpc) is 3.41. The zero-order valence-corrected chi connectivity index (χ0v) is 23.9. The maximum atomic E-state index is 13.6. The number of anilines is 1. The van der Waals surface area contributed by atoms with E-state index in [1.807, 2.05) is 58.0 Å². The lowest BCUT2D eigenvalue weighted by molar-refractivity contribution is 0.0407. The summed E-state index contributed by atoms with van der Waals surface area (Å²) in [4.78, 5) is 12.9. The fourth-order valence-corrected chi connectivity index (χ4v) is 5.74. The Bertz CT molecular complexity index is 1060. The second-order valence-electron chi connectivity index (χ2n) is 9.39. The van der Waals surface area contributed by atoms with E-state index in [1.54, 1.807) is 12.1 Å². The Balaban J connectivity index is 0.00000247. The number of amides is 1. The van der Waals surface area contributed by atoms with Gasteiger partial charge in [0.1, 0.15) is 6.10 Å². The number of carbonyl (C=O) groups is 1. The summed E-state index contributed by atoms with van der Waals surface area (Å²) in [5, 5.41) is 2.92. The lowest BCUT2D eigenvalue weighted by atomic mass is 10.0. The summed E-state index contributed by atoms with van der Waals surface area (Å²) in [6, 6.07) is 15.2. The van der Waals surface area contributed by atoms with Crippen molar-refractivity contribution in [3.05, 3.63) is 60.2 Å². The van der Waals surface area contributed by atoms with Gasteiger partial charge in [0.2, 0.25) is 10.0 Å². The molecule has 0 saturated carbocycles. The van der Waals surface area contributed by atoms with E-state index >= 15 is 0 Å². The third kappa shape index (κ3) is 9.58. The Morgan fingerprint density at radius 3 is 2.32 bits per heavy atom. The van der Waals surface area contributed by atoms with Gasteiger partial charge in [-0.1, -0.05) is 58.0 Å². The SMILES string of the molecule is CC.CO[C@H](CN(CC(C)C)S(=O)(=O)c1ccc(N)cc1)[C@H](Cc1ccccc1)NC(=O)O[C@H]1CCOC1. The number of hydrogen-bond acceptors (Lipinski definition) is 7. The molecule has 2 aromatic carbocycles. The van der Waals surface area contributed by atoms with Gasteiger partial charge in [-0.05, 0) is 42.2 Å². The highest BCUT2D eigenvalue weighted by Gasteiger charge is 2.33. The number of hydrogen-bond donors (Lipinski definition) is 2. The number of ether oxygens (including phenoxy) is 3. The second kappa shape index (κ2) is 15.7. The smallest absolute Gasteiger partial charge is 0.407 e. The van der Waals surface area contributed by atoms with E-state index in [0.29, 0.717) is 31.7 Å². The number of methoxy groups -OCH3 is 1. The maximum absolute atomic E-state index is 13.6. The van der Waals surface area contributed by atoms with E-state index in [2.05, 4.69) is 5.32 Å². The molecule has 0 unspecified atom stereocenters. The first-order valence-corrected chi connectivity index (χ1v) is 14.6. The molecule has 1 amide bonds. The van der Waals surface area contributed by atoms with Gasteiger partial charge in [-0.3, -0.25) is 0 Å². The minimum atomic E-state index is -3.83. The molecule has 9 nitrogen and oxygen atoms in total. The molecule has 212 valence electrons. The third-order valence-corrected chi connectivity index (χ3v) is 7.83. The van der Waals surface area contributed by atoms with Crippen molar-refractivity contribution in [2.45, 2.75) is 63.7 Å². The van der Waals surface area contributed by atoms with E-state index in [1.165, 1.54) is 23.5 Å². The van der Waals surface area contributed by atoms with Crippen LogP contribution < -0.4 is 11.1 Å². The van der Waals surface area contributed by atoms with Crippen LogP contribution in [0.3, 0.4) is 0 Å². The average molecular weight is 550 g/mol. The number of nitrogen functional groups attached to an aromatic ring is 1. The number of nitrogens with one attached hydrogen (secondary N) is 1. The lowest BCUT2D eigenvalue weighted by Gasteiger charge is -2.32. The van der Waals surface area contributed by atoms with Crippen LogP contribution in [-0.4, -0.2) is 70.5 Å². The van der Waals surface area contributed by atoms with Gasteiger partial charge in [0.25, 0.3) is 0 Å². The van der Waals surface area contributed by atoms with Crippen molar-refractivity contribution >= 4 is 21.8 Å². The van der Waals surface area contributed by atoms with Gasteiger partial charge in [-0.2, -0.15) is 4.31 Å². The summed E-state index contributed by atoms with van der Waals surface area (Å²) in [6.07, 6.45) is -0.434. The molecule has 1 saturated heterocycles. The normalized spacial score (nSPS) is 17.0. The predicted octanol–water partition coefficient (Wildman–Crippen LogP) is 4.08. The van der Waals surface area contributed by atoms with Crippen LogP contribution in [0.5, 0.6) is 0 Å². The molecule has 0 radical (unpaired) electrons. The first kappa shape index (κ1) is 31.6. The number of alkyl carbamates (subject to hydrolysis) is 1. The molecule has 3 atom stereocenters. The van der Waals surface area contributed by atoms with Crippen LogP contribution >= 0.6 is 0 Å². The topological polar surface area (TPSA) is 120 Å². The van der Waals surface area contributed by atoms with Gasteiger partial charge >= 0.3 is 6.09 Å². The lowest BCUT2D eigenvalue weighted by Crippen LogP contribution is -2.52. The monoisotopic (exact) mass is 549 g/mol. The second-order valence-corrected chi connectivity index (χ2v) is 11.3. The Kier molecular flexibility index (Phi) is 13.0. The van der Waals surface area contributed by atoms with E-state index in [4.69, 9.17) is 19.9 Å². The van der Waals surface area contributed by atoms with Crippen LogP contribution in [0, 0.1) is 5.92 Å². The Labute approximate surface area is 227 Å². The van der Waals surface area contributed by atoms with Crippen LogP contribution in [0.4, 0.5) is 10.5 Å². The van der Waals surface area contributed by atoms with Gasteiger partial charge in [0.05, 0.1) is 30.3 Å². The van der Waals surface area contributed by atoms with E-state index in [0.717, 1.165) is 5.56 Å². The van der Waals surface area contributed by atoms with Crippen LogP contribution in [-0.2, 0) is 30.7 Å². The molecule has 38 heavy (non-hydrogen) atoms. The first-order chi connectivity index (χ1) is 18.2. The van der Waals surface area contributed by atoms with Crippen molar-refractivity contribution in [3.8, 4) is 0 Å². The number of rotatable bonds is 12. The molecule has 1 heterocycles. The molecule has 1 fully saturated rings. The number of nitrogens with two attached hydrogens (primary N) is 1. The Morgan fingerprint density at radius 2 is 1.76 bits per heavy atom. The fraction of sp³-hybridized carbons (Fsp3) is 0.536. The molecule has 3 rings (SSSR count). The largest absolute Gasteiger partial charge is 0.444 e. The van der Waals surface area contributed by atoms with Gasteiger partial charge in [0, 0.05) is 32.3 Å². The molecule has 10 heteroatoms. The minimum absolute atomic E-state index is 0.0473. The van der Waals surface area contributed by atoms with Gasteiger partial charge in [-0.25, -0.2) is 13.2 Å². The maximum Gasteiger partial charge on any atom is 0.407 e. The Morgan fingerprint density at radius 1 is 1.11 bits per heavy atom. The molecule has 1 aliphatic rings. The summed E-state index contributed by atoms with van der Waals surface area (Å²) in [6.45, 7) is 9.16. The third-order valence-electron chi connectivity index (χ3n) is 5.99. The highest BCUT2D eigenvalue weighted by Crippen LogP contribution is 2.21. The predicted molar refractivity (Wildman–Crippen MR) is 149 cm³/mol. The molecule has 3 N–H and O–H groups in total. The molecular weight excluding hydrogens is 506 g/mol. The summed E-state index contributed by atoms with van der Waals surface area (Å²) in [5.41, 5.74) is 7.22. The highest BCUT2D eigenvalue weighted by atomic mass is 32.2. The molecule has 0 aromatic heterocycles. The zero-order chi connectivity index (χ0) is 28.1. The van der Waals surface area contributed by atoms with Crippen LogP contribution in [0.1, 0.15) is 39.7 Å². The molecule has 1 aliphatic heterocycles. The van der Waals surface area contributed by atoms with Gasteiger partial charge in [0.15, 0.2) is 0 Å². The number of benzene rings is 2. The van der Waals surface area contributed by atoms with Gasteiger partial charge in [-0.15, -0.1) is 0 Å². The van der Waals surface area contributed by atoms with Gasteiger partial charge < -0.3 is 25.3 Å². The van der Waals surface area contributed by atoms with E-state index in [9.17, 15) is 13.2 Å². The van der Waals surface area contributed by atoms with Crippen LogP contribution in [0.15, 0.2) is 59.5 Å². The molecule has 0 bridgehead atoms. The van der Waals surface area contributed by atoms with Crippen molar-refractivity contribution in [3.63, 3.8) is 0 Å². The summed E-state index contributed by atoms with van der Waals surface area (Å²) < 4.78 is 45.2. The van der Waals surface area contributed by atoms with E-state index < -0.39 is 28.3 Å². The number of sulfonamides is 1. The van der Waals surface area contributed by atoms with Crippen molar-refractivity contribution in [2.75, 3.05) is 39.1 Å². The van der Waals surface area contributed by atoms with Crippen molar-refractivity contribution in [1.82, 2.24) is 9.62 Å². The van der Waals surface area contributed by atoms with Crippen molar-refractivity contribution in [1.29, 1.82) is 0 Å². The molecular formula is C28H43N3O6S. The zero-order valence-electron chi connectivity index (χ0n) is 23.1. The van der Waals surface area contributed by atoms with Crippen molar-refractivity contribution in [2.24, 2.45) is 5.92 Å². The molecule has 0 spiro atoms. The number of nitrogens with zero attached hydrogens (tertiary/aromatic N) is 1. The summed E-state index contributed by atoms with van der Waals surface area (Å²) in [7, 11) is -2.32. The van der Waals surface area contributed by atoms with Crippen molar-refractivity contribution < 1.29 is 27.4 Å². The van der Waals surface area contributed by atoms with E-state index in [-0.39, 0.29) is 30.0 Å². The summed E-state index contributed by atoms with van der Waals surface area (Å²) >= 11 is 0. The molecule has 2 aromatic rings. The standard InChI is InChI=1S/C26H37N3O6S.C2H6/c1-19(2)16-29(36(31,32)23-11-9-21(27)10-12-23)17-25(33-3)24(15-20-7-5-4-6-8-20)28-26(30)35-22-13-14-34-18-22;1-2/h4-12,19,22,24-25H,13-18,27H2,1-3H3,(H,28,30);1-2H3/t22-,24-,25+;/m0./s1. The minimum Gasteiger partial charge on any atom is -0.444 e. The first-order valence-electron chi connectivity index (χ1n) is 13.2. The fourth-order valence-electron chi connectivity index (χ4n) is 4.12. The van der Waals surface area contributed by atoms with Crippen LogP contribution in [0.25, 0.3) is 0 Å².